The van der Waals surface area contributed by atoms with Gasteiger partial charge in [-0.25, -0.2) is 14.4 Å². The van der Waals surface area contributed by atoms with Crippen molar-refractivity contribution < 1.29 is 14.0 Å². The van der Waals surface area contributed by atoms with Crippen LogP contribution < -0.4 is 4.90 Å². The largest absolute Gasteiger partial charge is 0.331 e. The van der Waals surface area contributed by atoms with Gasteiger partial charge < -0.3 is 9.80 Å². The number of nitrogens with zero attached hydrogens (tertiary/aromatic N) is 5. The van der Waals surface area contributed by atoms with Gasteiger partial charge in [0.05, 0.1) is 19.0 Å². The summed E-state index contributed by atoms with van der Waals surface area (Å²) in [5.74, 6) is 0.937. The maximum atomic E-state index is 14.0. The summed E-state index contributed by atoms with van der Waals surface area (Å²) in [6.07, 6.45) is 2.37. The molecule has 2 aromatic rings. The van der Waals surface area contributed by atoms with Crippen LogP contribution in [0.25, 0.3) is 0 Å². The Kier molecular flexibility index (Phi) is 6.00. The first kappa shape index (κ1) is 21.4. The molecule has 1 aromatic heterocycles. The number of carbonyl (C=O) groups excluding carboxylic acids is 2. The normalized spacial score (nSPS) is 18.2. The standard InChI is InChI=1S/C23H28FN5O2/c1-15-17-13-20(30)29(12-10-16-7-4-5-8-18(16)24)23(17)26-22(25-15)19-9-6-11-28(19)21(31)14-27(2)3/h4-5,7-8,19H,6,9-14H2,1-3H3/t19-/m1/s1. The summed E-state index contributed by atoms with van der Waals surface area (Å²) in [6.45, 7) is 3.27. The molecule has 7 nitrogen and oxygen atoms in total. The molecule has 0 aliphatic carbocycles. The Hall–Kier alpha value is -2.87. The number of hydrogen-bond acceptors (Lipinski definition) is 5. The lowest BCUT2D eigenvalue weighted by molar-refractivity contribution is -0.132. The van der Waals surface area contributed by atoms with Crippen LogP contribution in [0, 0.1) is 12.7 Å². The topological polar surface area (TPSA) is 69.6 Å². The molecule has 4 rings (SSSR count). The monoisotopic (exact) mass is 425 g/mol. The molecule has 1 fully saturated rings. The zero-order valence-corrected chi connectivity index (χ0v) is 18.3. The lowest BCUT2D eigenvalue weighted by Gasteiger charge is -2.26. The predicted octanol–water partition coefficient (Wildman–Crippen LogP) is 2.28. The van der Waals surface area contributed by atoms with E-state index in [1.807, 2.05) is 30.8 Å². The van der Waals surface area contributed by atoms with Gasteiger partial charge in [-0.1, -0.05) is 18.2 Å². The number of benzene rings is 1. The number of likely N-dealkylation sites (tertiary alicyclic amines) is 1. The zero-order chi connectivity index (χ0) is 22.1. The van der Waals surface area contributed by atoms with E-state index >= 15 is 0 Å². The van der Waals surface area contributed by atoms with Crippen LogP contribution in [0.1, 0.15) is 41.5 Å². The highest BCUT2D eigenvalue weighted by atomic mass is 19.1. The minimum absolute atomic E-state index is 0.0483. The molecule has 164 valence electrons. The van der Waals surface area contributed by atoms with Gasteiger partial charge in [0.1, 0.15) is 11.6 Å². The molecule has 0 saturated carbocycles. The molecule has 1 aromatic carbocycles. The van der Waals surface area contributed by atoms with Gasteiger partial charge in [0, 0.05) is 24.3 Å². The van der Waals surface area contributed by atoms with Crippen LogP contribution in [-0.4, -0.2) is 65.3 Å². The van der Waals surface area contributed by atoms with Crippen molar-refractivity contribution >= 4 is 17.6 Å². The minimum Gasteiger partial charge on any atom is -0.331 e. The van der Waals surface area contributed by atoms with Crippen LogP contribution >= 0.6 is 0 Å². The Morgan fingerprint density at radius 3 is 2.77 bits per heavy atom. The molecular weight excluding hydrogens is 397 g/mol. The molecule has 2 amide bonds. The maximum absolute atomic E-state index is 14.0. The second kappa shape index (κ2) is 8.70. The average molecular weight is 426 g/mol. The van der Waals surface area contributed by atoms with Crippen LogP contribution in [0.3, 0.4) is 0 Å². The quantitative estimate of drug-likeness (QED) is 0.710. The molecular formula is C23H28FN5O2. The Bertz CT molecular complexity index is 1010. The molecule has 1 saturated heterocycles. The highest BCUT2D eigenvalue weighted by molar-refractivity contribution is 6.00. The first-order valence-electron chi connectivity index (χ1n) is 10.7. The predicted molar refractivity (Wildman–Crippen MR) is 115 cm³/mol. The van der Waals surface area contributed by atoms with Gasteiger partial charge in [-0.15, -0.1) is 0 Å². The number of hydrogen-bond donors (Lipinski definition) is 0. The van der Waals surface area contributed by atoms with E-state index in [9.17, 15) is 14.0 Å². The maximum Gasteiger partial charge on any atom is 0.237 e. The number of carbonyl (C=O) groups is 2. The summed E-state index contributed by atoms with van der Waals surface area (Å²) in [5, 5.41) is 0. The molecule has 1 atom stereocenters. The number of aryl methyl sites for hydroxylation is 1. The Balaban J connectivity index is 1.59. The molecule has 0 spiro atoms. The smallest absolute Gasteiger partial charge is 0.237 e. The zero-order valence-electron chi connectivity index (χ0n) is 18.3. The van der Waals surface area contributed by atoms with E-state index in [2.05, 4.69) is 4.98 Å². The van der Waals surface area contributed by atoms with E-state index in [4.69, 9.17) is 4.98 Å². The van der Waals surface area contributed by atoms with Crippen molar-refractivity contribution in [2.24, 2.45) is 0 Å². The Labute approximate surface area is 181 Å². The van der Waals surface area contributed by atoms with Crippen molar-refractivity contribution in [3.8, 4) is 0 Å². The van der Waals surface area contributed by atoms with Crippen LogP contribution in [0.15, 0.2) is 24.3 Å². The summed E-state index contributed by atoms with van der Waals surface area (Å²) in [4.78, 5) is 40.2. The lowest BCUT2D eigenvalue weighted by Crippen LogP contribution is -2.38. The molecule has 0 N–H and O–H groups in total. The second-order valence-electron chi connectivity index (χ2n) is 8.52. The number of anilines is 1. The molecule has 0 bridgehead atoms. The number of halogens is 1. The van der Waals surface area contributed by atoms with E-state index in [1.54, 1.807) is 23.1 Å². The molecule has 2 aliphatic heterocycles. The summed E-state index contributed by atoms with van der Waals surface area (Å²) in [7, 11) is 3.75. The minimum atomic E-state index is -0.269. The molecule has 0 radical (unpaired) electrons. The Morgan fingerprint density at radius 1 is 1.26 bits per heavy atom. The fourth-order valence-corrected chi connectivity index (χ4v) is 4.41. The van der Waals surface area contributed by atoms with Crippen molar-refractivity contribution in [1.82, 2.24) is 19.8 Å². The first-order valence-corrected chi connectivity index (χ1v) is 10.7. The summed E-state index contributed by atoms with van der Waals surface area (Å²) < 4.78 is 14.0. The molecule has 31 heavy (non-hydrogen) atoms. The van der Waals surface area contributed by atoms with Crippen molar-refractivity contribution in [3.05, 3.63) is 52.7 Å². The van der Waals surface area contributed by atoms with Crippen molar-refractivity contribution in [2.45, 2.75) is 38.6 Å². The third-order valence-corrected chi connectivity index (χ3v) is 5.98. The van der Waals surface area contributed by atoms with Crippen molar-refractivity contribution in [2.75, 3.05) is 38.6 Å². The fraction of sp³-hybridized carbons (Fsp3) is 0.478. The van der Waals surface area contributed by atoms with E-state index in [0.717, 1.165) is 24.1 Å². The SMILES string of the molecule is Cc1nc([C@H]2CCCN2C(=O)CN(C)C)nc2c1CC(=O)N2CCc1ccccc1F. The van der Waals surface area contributed by atoms with E-state index in [1.165, 1.54) is 6.07 Å². The van der Waals surface area contributed by atoms with Gasteiger partial charge in [-0.05, 0) is 51.9 Å². The van der Waals surface area contributed by atoms with Crippen molar-refractivity contribution in [1.29, 1.82) is 0 Å². The van der Waals surface area contributed by atoms with Crippen molar-refractivity contribution in [3.63, 3.8) is 0 Å². The van der Waals surface area contributed by atoms with E-state index in [-0.39, 0.29) is 30.1 Å². The van der Waals surface area contributed by atoms with E-state index < -0.39 is 0 Å². The summed E-state index contributed by atoms with van der Waals surface area (Å²) >= 11 is 0. The molecule has 8 heteroatoms. The first-order chi connectivity index (χ1) is 14.8. The van der Waals surface area contributed by atoms with Gasteiger partial charge in [0.2, 0.25) is 11.8 Å². The number of fused-ring (bicyclic) bond motifs is 1. The van der Waals surface area contributed by atoms with Crippen LogP contribution in [0.5, 0.6) is 0 Å². The Morgan fingerprint density at radius 2 is 2.03 bits per heavy atom. The highest BCUT2D eigenvalue weighted by Crippen LogP contribution is 2.35. The molecule has 2 aliphatic rings. The number of rotatable bonds is 6. The van der Waals surface area contributed by atoms with Crippen LogP contribution in [0.2, 0.25) is 0 Å². The van der Waals surface area contributed by atoms with Gasteiger partial charge >= 0.3 is 0 Å². The third-order valence-electron chi connectivity index (χ3n) is 5.98. The molecule has 0 unspecified atom stereocenters. The average Bonchev–Trinajstić information content (AvgIpc) is 3.32. The van der Waals surface area contributed by atoms with Gasteiger partial charge in [0.15, 0.2) is 5.82 Å². The fourth-order valence-electron chi connectivity index (χ4n) is 4.41. The van der Waals surface area contributed by atoms with Crippen LogP contribution in [-0.2, 0) is 22.4 Å². The lowest BCUT2D eigenvalue weighted by atomic mass is 10.1. The van der Waals surface area contributed by atoms with Gasteiger partial charge in [-0.3, -0.25) is 14.5 Å². The van der Waals surface area contributed by atoms with E-state index in [0.29, 0.717) is 43.3 Å². The van der Waals surface area contributed by atoms with Gasteiger partial charge in [0.25, 0.3) is 0 Å². The highest BCUT2D eigenvalue weighted by Gasteiger charge is 2.36. The van der Waals surface area contributed by atoms with Crippen LogP contribution in [0.4, 0.5) is 10.2 Å². The number of amides is 2. The second-order valence-corrected chi connectivity index (χ2v) is 8.52. The summed E-state index contributed by atoms with van der Waals surface area (Å²) in [6, 6.07) is 6.44. The summed E-state index contributed by atoms with van der Waals surface area (Å²) in [5.41, 5.74) is 2.17. The molecule has 3 heterocycles. The number of likely N-dealkylation sites (N-methyl/N-ethyl adjacent to an activating group) is 1. The third kappa shape index (κ3) is 4.30. The number of aromatic nitrogens is 2. The van der Waals surface area contributed by atoms with Gasteiger partial charge in [-0.2, -0.15) is 0 Å².